The van der Waals surface area contributed by atoms with E-state index in [4.69, 9.17) is 9.84 Å². The first kappa shape index (κ1) is 23.5. The van der Waals surface area contributed by atoms with Crippen molar-refractivity contribution in [1.29, 1.82) is 0 Å². The maximum Gasteiger partial charge on any atom is 0.223 e. The van der Waals surface area contributed by atoms with Crippen molar-refractivity contribution in [3.8, 4) is 17.1 Å². The number of rotatable bonds is 8. The highest BCUT2D eigenvalue weighted by Crippen LogP contribution is 2.25. The number of carbonyl (C=O) groups is 1. The van der Waals surface area contributed by atoms with Gasteiger partial charge in [-0.05, 0) is 88.1 Å². The van der Waals surface area contributed by atoms with Gasteiger partial charge in [0.2, 0.25) is 5.91 Å². The van der Waals surface area contributed by atoms with Crippen LogP contribution in [0.15, 0.2) is 36.4 Å². The molecule has 2 aromatic heterocycles. The summed E-state index contributed by atoms with van der Waals surface area (Å²) in [5, 5.41) is 16.6. The fourth-order valence-corrected chi connectivity index (χ4v) is 5.08. The molecule has 2 saturated heterocycles. The molecular formula is C26H35N7O2. The molecule has 2 aliphatic rings. The molecule has 2 aliphatic heterocycles. The highest BCUT2D eigenvalue weighted by molar-refractivity contribution is 5.79. The van der Waals surface area contributed by atoms with E-state index in [-0.39, 0.29) is 11.8 Å². The molecule has 3 aromatic rings. The van der Waals surface area contributed by atoms with Gasteiger partial charge in [-0.25, -0.2) is 0 Å². The molecule has 1 N–H and O–H groups in total. The molecule has 0 atom stereocenters. The van der Waals surface area contributed by atoms with E-state index in [1.807, 2.05) is 36.4 Å². The molecule has 2 fully saturated rings. The van der Waals surface area contributed by atoms with Gasteiger partial charge in [0.15, 0.2) is 11.5 Å². The Morgan fingerprint density at radius 3 is 2.51 bits per heavy atom. The molecule has 0 aliphatic carbocycles. The summed E-state index contributed by atoms with van der Waals surface area (Å²) in [6.45, 7) is 5.91. The van der Waals surface area contributed by atoms with Gasteiger partial charge in [-0.3, -0.25) is 4.79 Å². The number of benzene rings is 1. The third-order valence-corrected chi connectivity index (χ3v) is 7.19. The number of nitrogens with one attached hydrogen (secondary N) is 1. The minimum atomic E-state index is 0.0785. The van der Waals surface area contributed by atoms with E-state index in [1.165, 1.54) is 32.4 Å². The van der Waals surface area contributed by atoms with E-state index in [9.17, 15) is 4.79 Å². The van der Waals surface area contributed by atoms with Gasteiger partial charge in [0.25, 0.3) is 0 Å². The Labute approximate surface area is 206 Å². The number of piperidine rings is 2. The van der Waals surface area contributed by atoms with E-state index in [1.54, 1.807) is 11.6 Å². The van der Waals surface area contributed by atoms with E-state index in [2.05, 4.69) is 25.3 Å². The zero-order valence-corrected chi connectivity index (χ0v) is 20.5. The summed E-state index contributed by atoms with van der Waals surface area (Å²) in [6, 6.07) is 11.7. The SMILES string of the molecule is COc1ccc(-c2nnc3ccc(N4CCC(C(=O)NCCCN5CCCCC5)CC4)nn23)cc1. The molecule has 5 rings (SSSR count). The van der Waals surface area contributed by atoms with E-state index in [0.717, 1.165) is 62.6 Å². The average molecular weight is 478 g/mol. The molecular weight excluding hydrogens is 442 g/mol. The van der Waals surface area contributed by atoms with Gasteiger partial charge in [0.05, 0.1) is 7.11 Å². The summed E-state index contributed by atoms with van der Waals surface area (Å²) >= 11 is 0. The number of anilines is 1. The molecule has 186 valence electrons. The molecule has 9 heteroatoms. The molecule has 1 amide bonds. The summed E-state index contributed by atoms with van der Waals surface area (Å²) in [5.41, 5.74) is 1.64. The lowest BCUT2D eigenvalue weighted by Gasteiger charge is -2.32. The number of hydrogen-bond donors (Lipinski definition) is 1. The van der Waals surface area contributed by atoms with Crippen LogP contribution in [0.25, 0.3) is 17.0 Å². The number of hydrogen-bond acceptors (Lipinski definition) is 7. The molecule has 0 bridgehead atoms. The minimum absolute atomic E-state index is 0.0785. The van der Waals surface area contributed by atoms with Crippen molar-refractivity contribution in [2.45, 2.75) is 38.5 Å². The van der Waals surface area contributed by atoms with Gasteiger partial charge in [-0.15, -0.1) is 15.3 Å². The molecule has 0 spiro atoms. The third kappa shape index (κ3) is 5.56. The average Bonchev–Trinajstić information content (AvgIpc) is 3.35. The predicted octanol–water partition coefficient (Wildman–Crippen LogP) is 3.01. The first-order valence-corrected chi connectivity index (χ1v) is 12.8. The first-order valence-electron chi connectivity index (χ1n) is 12.8. The van der Waals surface area contributed by atoms with Crippen molar-refractivity contribution in [3.05, 3.63) is 36.4 Å². The second-order valence-corrected chi connectivity index (χ2v) is 9.52. The topological polar surface area (TPSA) is 87.9 Å². The van der Waals surface area contributed by atoms with E-state index >= 15 is 0 Å². The van der Waals surface area contributed by atoms with Crippen LogP contribution in [-0.2, 0) is 4.79 Å². The number of amides is 1. The summed E-state index contributed by atoms with van der Waals surface area (Å²) in [5.74, 6) is 2.66. The standard InChI is InChI=1S/C26H35N7O2/c1-35-22-8-6-20(7-9-22)25-29-28-23-10-11-24(30-33(23)25)32-18-12-21(13-19-32)26(34)27-14-5-17-31-15-3-2-4-16-31/h6-11,21H,2-5,12-19H2,1H3,(H,27,34). The summed E-state index contributed by atoms with van der Waals surface area (Å²) < 4.78 is 7.04. The van der Waals surface area contributed by atoms with Crippen molar-refractivity contribution in [3.63, 3.8) is 0 Å². The highest BCUT2D eigenvalue weighted by atomic mass is 16.5. The first-order chi connectivity index (χ1) is 17.2. The summed E-state index contributed by atoms with van der Waals surface area (Å²) in [4.78, 5) is 17.5. The largest absolute Gasteiger partial charge is 0.497 e. The maximum atomic E-state index is 12.7. The lowest BCUT2D eigenvalue weighted by molar-refractivity contribution is -0.125. The van der Waals surface area contributed by atoms with Crippen molar-refractivity contribution >= 4 is 17.4 Å². The van der Waals surface area contributed by atoms with Crippen LogP contribution in [0.1, 0.15) is 38.5 Å². The highest BCUT2D eigenvalue weighted by Gasteiger charge is 2.26. The number of fused-ring (bicyclic) bond motifs is 1. The van der Waals surface area contributed by atoms with Crippen LogP contribution in [0, 0.1) is 5.92 Å². The Bertz CT molecular complexity index is 1120. The Hall–Kier alpha value is -3.20. The van der Waals surface area contributed by atoms with Crippen LogP contribution < -0.4 is 15.0 Å². The maximum absolute atomic E-state index is 12.7. The zero-order valence-electron chi connectivity index (χ0n) is 20.5. The van der Waals surface area contributed by atoms with Gasteiger partial charge in [0, 0.05) is 31.1 Å². The van der Waals surface area contributed by atoms with Gasteiger partial charge >= 0.3 is 0 Å². The fraction of sp³-hybridized carbons (Fsp3) is 0.538. The molecule has 0 unspecified atom stereocenters. The normalized spacial score (nSPS) is 17.6. The molecule has 4 heterocycles. The minimum Gasteiger partial charge on any atom is -0.497 e. The van der Waals surface area contributed by atoms with Crippen LogP contribution in [0.2, 0.25) is 0 Å². The monoisotopic (exact) mass is 477 g/mol. The Morgan fingerprint density at radius 2 is 1.77 bits per heavy atom. The van der Waals surface area contributed by atoms with Crippen LogP contribution in [-0.4, -0.2) is 77.0 Å². The van der Waals surface area contributed by atoms with Crippen molar-refractivity contribution < 1.29 is 9.53 Å². The molecule has 35 heavy (non-hydrogen) atoms. The van der Waals surface area contributed by atoms with E-state index in [0.29, 0.717) is 11.5 Å². The Kier molecular flexibility index (Phi) is 7.42. The quantitative estimate of drug-likeness (QED) is 0.499. The predicted molar refractivity (Wildman–Crippen MR) is 136 cm³/mol. The van der Waals surface area contributed by atoms with Gasteiger partial charge < -0.3 is 19.9 Å². The molecule has 9 nitrogen and oxygen atoms in total. The smallest absolute Gasteiger partial charge is 0.223 e. The number of methoxy groups -OCH3 is 1. The Balaban J connectivity index is 1.15. The van der Waals surface area contributed by atoms with Crippen LogP contribution in [0.4, 0.5) is 5.82 Å². The lowest BCUT2D eigenvalue weighted by Crippen LogP contribution is -2.41. The molecule has 1 aromatic carbocycles. The fourth-order valence-electron chi connectivity index (χ4n) is 5.08. The van der Waals surface area contributed by atoms with Gasteiger partial charge in [-0.1, -0.05) is 6.42 Å². The molecule has 0 radical (unpaired) electrons. The summed E-state index contributed by atoms with van der Waals surface area (Å²) in [7, 11) is 1.65. The molecule has 0 saturated carbocycles. The third-order valence-electron chi connectivity index (χ3n) is 7.19. The van der Waals surface area contributed by atoms with E-state index < -0.39 is 0 Å². The second-order valence-electron chi connectivity index (χ2n) is 9.52. The summed E-state index contributed by atoms with van der Waals surface area (Å²) in [6.07, 6.45) is 6.69. The van der Waals surface area contributed by atoms with Crippen molar-refractivity contribution in [2.75, 3.05) is 51.3 Å². The zero-order chi connectivity index (χ0) is 24.0. The number of nitrogens with zero attached hydrogens (tertiary/aromatic N) is 6. The Morgan fingerprint density at radius 1 is 1.00 bits per heavy atom. The van der Waals surface area contributed by atoms with Gasteiger partial charge in [-0.2, -0.15) is 4.52 Å². The number of ether oxygens (including phenoxy) is 1. The lowest BCUT2D eigenvalue weighted by atomic mass is 9.96. The van der Waals surface area contributed by atoms with Crippen molar-refractivity contribution in [1.82, 2.24) is 30.0 Å². The second kappa shape index (κ2) is 11.0. The van der Waals surface area contributed by atoms with Gasteiger partial charge in [0.1, 0.15) is 11.6 Å². The number of aromatic nitrogens is 4. The van der Waals surface area contributed by atoms with Crippen LogP contribution in [0.5, 0.6) is 5.75 Å². The number of carbonyl (C=O) groups excluding carboxylic acids is 1. The van der Waals surface area contributed by atoms with Crippen LogP contribution in [0.3, 0.4) is 0 Å². The van der Waals surface area contributed by atoms with Crippen molar-refractivity contribution in [2.24, 2.45) is 5.92 Å². The number of likely N-dealkylation sites (tertiary alicyclic amines) is 1. The van der Waals surface area contributed by atoms with Crippen LogP contribution >= 0.6 is 0 Å².